The van der Waals surface area contributed by atoms with Gasteiger partial charge in [0.05, 0.1) is 17.2 Å². The maximum Gasteiger partial charge on any atom is 0.145 e. The number of aryl methyl sites for hydroxylation is 2. The SMILES string of the molecule is Cc1nc(NN)cc(NCc2csc(C)n2)n1. The smallest absolute Gasteiger partial charge is 0.145 e. The van der Waals surface area contributed by atoms with Gasteiger partial charge in [-0.15, -0.1) is 11.3 Å². The Balaban J connectivity index is 2.05. The van der Waals surface area contributed by atoms with Gasteiger partial charge in [0.2, 0.25) is 0 Å². The Morgan fingerprint density at radius 2 is 2.00 bits per heavy atom. The predicted molar refractivity (Wildman–Crippen MR) is 68.8 cm³/mol. The molecule has 0 saturated heterocycles. The van der Waals surface area contributed by atoms with Crippen LogP contribution in [0.15, 0.2) is 11.4 Å². The van der Waals surface area contributed by atoms with E-state index in [0.29, 0.717) is 18.2 Å². The Morgan fingerprint density at radius 1 is 1.24 bits per heavy atom. The fraction of sp³-hybridized carbons (Fsp3) is 0.300. The zero-order chi connectivity index (χ0) is 12.3. The highest BCUT2D eigenvalue weighted by atomic mass is 32.1. The van der Waals surface area contributed by atoms with Crippen LogP contribution in [-0.2, 0) is 6.54 Å². The number of nitrogens with one attached hydrogen (secondary N) is 2. The molecule has 0 radical (unpaired) electrons. The number of aromatic nitrogens is 3. The molecule has 6 nitrogen and oxygen atoms in total. The van der Waals surface area contributed by atoms with Crippen LogP contribution in [0.25, 0.3) is 0 Å². The van der Waals surface area contributed by atoms with Gasteiger partial charge in [0, 0.05) is 11.4 Å². The normalized spacial score (nSPS) is 10.3. The van der Waals surface area contributed by atoms with Crippen molar-refractivity contribution in [2.45, 2.75) is 20.4 Å². The lowest BCUT2D eigenvalue weighted by atomic mass is 10.4. The van der Waals surface area contributed by atoms with Gasteiger partial charge in [0.1, 0.15) is 17.5 Å². The van der Waals surface area contributed by atoms with Crippen LogP contribution in [-0.4, -0.2) is 15.0 Å². The van der Waals surface area contributed by atoms with Gasteiger partial charge in [-0.25, -0.2) is 20.8 Å². The Kier molecular flexibility index (Phi) is 3.50. The lowest BCUT2D eigenvalue weighted by Gasteiger charge is -2.06. The highest BCUT2D eigenvalue weighted by Crippen LogP contribution is 2.13. The summed E-state index contributed by atoms with van der Waals surface area (Å²) in [4.78, 5) is 12.7. The van der Waals surface area contributed by atoms with E-state index in [4.69, 9.17) is 5.84 Å². The molecule has 0 fully saturated rings. The summed E-state index contributed by atoms with van der Waals surface area (Å²) in [7, 11) is 0. The lowest BCUT2D eigenvalue weighted by Crippen LogP contribution is -2.11. The second-order valence-electron chi connectivity index (χ2n) is 3.54. The lowest BCUT2D eigenvalue weighted by molar-refractivity contribution is 0.996. The largest absolute Gasteiger partial charge is 0.364 e. The highest BCUT2D eigenvalue weighted by Gasteiger charge is 2.02. The van der Waals surface area contributed by atoms with Gasteiger partial charge in [-0.1, -0.05) is 0 Å². The molecule has 0 bridgehead atoms. The molecule has 2 aromatic rings. The van der Waals surface area contributed by atoms with Gasteiger partial charge < -0.3 is 10.7 Å². The third-order valence-corrected chi connectivity index (χ3v) is 2.93. The van der Waals surface area contributed by atoms with Gasteiger partial charge in [-0.05, 0) is 13.8 Å². The number of thiazole rings is 1. The number of nitrogens with zero attached hydrogens (tertiary/aromatic N) is 3. The molecule has 2 aromatic heterocycles. The molecule has 0 aliphatic heterocycles. The fourth-order valence-electron chi connectivity index (χ4n) is 1.40. The van der Waals surface area contributed by atoms with E-state index in [-0.39, 0.29) is 0 Å². The molecule has 2 heterocycles. The average molecular weight is 250 g/mol. The van der Waals surface area contributed by atoms with Gasteiger partial charge in [-0.2, -0.15) is 0 Å². The van der Waals surface area contributed by atoms with E-state index in [9.17, 15) is 0 Å². The molecule has 0 atom stereocenters. The topological polar surface area (TPSA) is 88.8 Å². The van der Waals surface area contributed by atoms with Crippen molar-refractivity contribution < 1.29 is 0 Å². The summed E-state index contributed by atoms with van der Waals surface area (Å²) in [5, 5.41) is 6.27. The molecule has 0 saturated carbocycles. The molecular weight excluding hydrogens is 236 g/mol. The van der Waals surface area contributed by atoms with E-state index in [1.807, 2.05) is 19.2 Å². The molecule has 0 unspecified atom stereocenters. The first kappa shape index (κ1) is 11.7. The van der Waals surface area contributed by atoms with Crippen LogP contribution in [0.3, 0.4) is 0 Å². The predicted octanol–water partition coefficient (Wildman–Crippen LogP) is 1.45. The van der Waals surface area contributed by atoms with Gasteiger partial charge >= 0.3 is 0 Å². The number of rotatable bonds is 4. The molecule has 0 aromatic carbocycles. The van der Waals surface area contributed by atoms with E-state index in [2.05, 4.69) is 25.7 Å². The minimum absolute atomic E-state index is 0.592. The maximum atomic E-state index is 5.32. The summed E-state index contributed by atoms with van der Waals surface area (Å²) in [5.41, 5.74) is 3.51. The first-order valence-corrected chi connectivity index (χ1v) is 6.02. The molecule has 7 heteroatoms. The minimum Gasteiger partial charge on any atom is -0.364 e. The first-order valence-electron chi connectivity index (χ1n) is 5.14. The number of hydrogen-bond acceptors (Lipinski definition) is 7. The number of nitrogens with two attached hydrogens (primary N) is 1. The fourth-order valence-corrected chi connectivity index (χ4v) is 2.02. The van der Waals surface area contributed by atoms with Crippen LogP contribution in [0.1, 0.15) is 16.5 Å². The molecule has 0 aliphatic rings. The number of hydrazine groups is 1. The number of anilines is 2. The third kappa shape index (κ3) is 3.11. The van der Waals surface area contributed by atoms with Crippen molar-refractivity contribution in [2.75, 3.05) is 10.7 Å². The van der Waals surface area contributed by atoms with E-state index in [1.54, 1.807) is 17.4 Å². The summed E-state index contributed by atoms with van der Waals surface area (Å²) in [6.07, 6.45) is 0. The van der Waals surface area contributed by atoms with Crippen LogP contribution >= 0.6 is 11.3 Å². The molecule has 0 amide bonds. The summed E-state index contributed by atoms with van der Waals surface area (Å²) in [6, 6.07) is 1.76. The molecule has 17 heavy (non-hydrogen) atoms. The van der Waals surface area contributed by atoms with Crippen molar-refractivity contribution in [3.8, 4) is 0 Å². The molecule has 90 valence electrons. The van der Waals surface area contributed by atoms with Crippen molar-refractivity contribution in [3.63, 3.8) is 0 Å². The summed E-state index contributed by atoms with van der Waals surface area (Å²) >= 11 is 1.63. The van der Waals surface area contributed by atoms with Crippen molar-refractivity contribution >= 4 is 23.0 Å². The van der Waals surface area contributed by atoms with Gasteiger partial charge in [-0.3, -0.25) is 0 Å². The monoisotopic (exact) mass is 250 g/mol. The molecule has 0 aliphatic carbocycles. The van der Waals surface area contributed by atoms with Crippen LogP contribution in [0.2, 0.25) is 0 Å². The highest BCUT2D eigenvalue weighted by molar-refractivity contribution is 7.09. The second kappa shape index (κ2) is 5.07. The minimum atomic E-state index is 0.592. The maximum absolute atomic E-state index is 5.32. The Morgan fingerprint density at radius 3 is 2.65 bits per heavy atom. The van der Waals surface area contributed by atoms with Crippen molar-refractivity contribution in [1.29, 1.82) is 0 Å². The van der Waals surface area contributed by atoms with E-state index in [0.717, 1.165) is 16.5 Å². The van der Waals surface area contributed by atoms with Crippen molar-refractivity contribution in [2.24, 2.45) is 5.84 Å². The zero-order valence-electron chi connectivity index (χ0n) is 9.69. The van der Waals surface area contributed by atoms with Gasteiger partial charge in [0.25, 0.3) is 0 Å². The number of hydrogen-bond donors (Lipinski definition) is 3. The average Bonchev–Trinajstić information content (AvgIpc) is 2.72. The Hall–Kier alpha value is -1.73. The van der Waals surface area contributed by atoms with Crippen LogP contribution < -0.4 is 16.6 Å². The molecule has 2 rings (SSSR count). The van der Waals surface area contributed by atoms with Crippen LogP contribution in [0.4, 0.5) is 11.6 Å². The van der Waals surface area contributed by atoms with Gasteiger partial charge in [0.15, 0.2) is 0 Å². The Bertz CT molecular complexity index is 509. The van der Waals surface area contributed by atoms with Crippen LogP contribution in [0.5, 0.6) is 0 Å². The van der Waals surface area contributed by atoms with E-state index in [1.165, 1.54) is 0 Å². The third-order valence-electron chi connectivity index (χ3n) is 2.10. The first-order chi connectivity index (χ1) is 8.17. The van der Waals surface area contributed by atoms with Crippen LogP contribution in [0, 0.1) is 13.8 Å². The summed E-state index contributed by atoms with van der Waals surface area (Å²) in [6.45, 7) is 4.45. The Labute approximate surface area is 103 Å². The quantitative estimate of drug-likeness (QED) is 0.562. The zero-order valence-corrected chi connectivity index (χ0v) is 10.5. The molecule has 0 spiro atoms. The standard InChI is InChI=1S/C10H14N6S/c1-6-13-9(3-10(14-6)16-11)12-4-8-5-17-7(2)15-8/h3,5H,4,11H2,1-2H3,(H2,12,13,14,16). The van der Waals surface area contributed by atoms with E-state index >= 15 is 0 Å². The second-order valence-corrected chi connectivity index (χ2v) is 4.60. The van der Waals surface area contributed by atoms with Crippen molar-refractivity contribution in [1.82, 2.24) is 15.0 Å². The van der Waals surface area contributed by atoms with E-state index < -0.39 is 0 Å². The molecular formula is C10H14N6S. The summed E-state index contributed by atoms with van der Waals surface area (Å²) in [5.74, 6) is 7.31. The summed E-state index contributed by atoms with van der Waals surface area (Å²) < 4.78 is 0. The number of nitrogen functional groups attached to an aromatic ring is 1. The molecule has 4 N–H and O–H groups in total. The van der Waals surface area contributed by atoms with Crippen molar-refractivity contribution in [3.05, 3.63) is 28.0 Å².